The van der Waals surface area contributed by atoms with Gasteiger partial charge in [0.15, 0.2) is 0 Å². The summed E-state index contributed by atoms with van der Waals surface area (Å²) < 4.78 is 2.08. The zero-order chi connectivity index (χ0) is 11.7. The summed E-state index contributed by atoms with van der Waals surface area (Å²) in [6.45, 7) is 2.06. The summed E-state index contributed by atoms with van der Waals surface area (Å²) >= 11 is 13.4. The van der Waals surface area contributed by atoms with Gasteiger partial charge in [-0.1, -0.05) is 61.7 Å². The Morgan fingerprint density at radius 1 is 0.875 bits per heavy atom. The third-order valence-corrected chi connectivity index (χ3v) is 4.07. The van der Waals surface area contributed by atoms with Crippen molar-refractivity contribution < 1.29 is 0 Å². The van der Waals surface area contributed by atoms with Crippen molar-refractivity contribution in [3.05, 3.63) is 55.9 Å². The molecule has 0 aliphatic rings. The van der Waals surface area contributed by atoms with E-state index in [4.69, 9.17) is 11.6 Å². The molecule has 0 aliphatic heterocycles. The fourth-order valence-corrected chi connectivity index (χ4v) is 3.40. The SMILES string of the molecule is Cc1cccc(Cl)c1-c1c(Br)cccc1Br. The third-order valence-electron chi connectivity index (χ3n) is 2.43. The van der Waals surface area contributed by atoms with E-state index in [0.29, 0.717) is 0 Å². The van der Waals surface area contributed by atoms with Crippen LogP contribution in [0.2, 0.25) is 5.02 Å². The zero-order valence-corrected chi connectivity index (χ0v) is 12.5. The van der Waals surface area contributed by atoms with Gasteiger partial charge in [-0.3, -0.25) is 0 Å². The van der Waals surface area contributed by atoms with Crippen LogP contribution >= 0.6 is 43.5 Å². The minimum absolute atomic E-state index is 0.771. The molecule has 0 radical (unpaired) electrons. The molecule has 82 valence electrons. The molecule has 2 rings (SSSR count). The van der Waals surface area contributed by atoms with E-state index in [1.165, 1.54) is 5.56 Å². The normalized spacial score (nSPS) is 10.5. The van der Waals surface area contributed by atoms with Crippen molar-refractivity contribution in [2.24, 2.45) is 0 Å². The first-order valence-corrected chi connectivity index (χ1v) is 6.77. The minimum atomic E-state index is 0.771. The molecule has 0 saturated carbocycles. The van der Waals surface area contributed by atoms with Crippen molar-refractivity contribution in [2.75, 3.05) is 0 Å². The Morgan fingerprint density at radius 3 is 2.00 bits per heavy atom. The molecule has 0 unspecified atom stereocenters. The number of rotatable bonds is 1. The van der Waals surface area contributed by atoms with Crippen LogP contribution in [0.5, 0.6) is 0 Å². The van der Waals surface area contributed by atoms with Gasteiger partial charge in [-0.15, -0.1) is 0 Å². The summed E-state index contributed by atoms with van der Waals surface area (Å²) in [7, 11) is 0. The lowest BCUT2D eigenvalue weighted by molar-refractivity contribution is 1.44. The van der Waals surface area contributed by atoms with Crippen LogP contribution in [0, 0.1) is 6.92 Å². The van der Waals surface area contributed by atoms with Gasteiger partial charge in [0.2, 0.25) is 0 Å². The highest BCUT2D eigenvalue weighted by molar-refractivity contribution is 9.11. The molecule has 0 atom stereocenters. The van der Waals surface area contributed by atoms with Crippen LogP contribution in [0.15, 0.2) is 45.3 Å². The van der Waals surface area contributed by atoms with Gasteiger partial charge in [-0.05, 0) is 30.7 Å². The van der Waals surface area contributed by atoms with Crippen LogP contribution in [0.4, 0.5) is 0 Å². The first-order chi connectivity index (χ1) is 7.61. The second kappa shape index (κ2) is 4.91. The Balaban J connectivity index is 2.77. The van der Waals surface area contributed by atoms with Crippen molar-refractivity contribution in [1.29, 1.82) is 0 Å². The Kier molecular flexibility index (Phi) is 3.73. The fraction of sp³-hybridized carbons (Fsp3) is 0.0769. The van der Waals surface area contributed by atoms with Gasteiger partial charge < -0.3 is 0 Å². The highest BCUT2D eigenvalue weighted by Crippen LogP contribution is 2.40. The molecular weight excluding hydrogens is 351 g/mol. The highest BCUT2D eigenvalue weighted by Gasteiger charge is 2.12. The third kappa shape index (κ3) is 2.20. The van der Waals surface area contributed by atoms with Gasteiger partial charge in [0.1, 0.15) is 0 Å². The summed E-state index contributed by atoms with van der Waals surface area (Å²) in [6, 6.07) is 12.0. The van der Waals surface area contributed by atoms with Crippen molar-refractivity contribution >= 4 is 43.5 Å². The number of hydrogen-bond acceptors (Lipinski definition) is 0. The van der Waals surface area contributed by atoms with Crippen molar-refractivity contribution in [3.63, 3.8) is 0 Å². The summed E-state index contributed by atoms with van der Waals surface area (Å²) in [4.78, 5) is 0. The second-order valence-electron chi connectivity index (χ2n) is 3.53. The molecule has 0 amide bonds. The molecule has 0 aromatic heterocycles. The predicted octanol–water partition coefficient (Wildman–Crippen LogP) is 5.84. The lowest BCUT2D eigenvalue weighted by Crippen LogP contribution is -1.87. The summed E-state index contributed by atoms with van der Waals surface area (Å²) in [5, 5.41) is 0.771. The molecule has 16 heavy (non-hydrogen) atoms. The van der Waals surface area contributed by atoms with E-state index in [9.17, 15) is 0 Å². The molecule has 2 aromatic rings. The Morgan fingerprint density at radius 2 is 1.44 bits per heavy atom. The maximum atomic E-state index is 6.27. The standard InChI is InChI=1S/C13H9Br2Cl/c1-8-4-2-7-11(16)12(8)13-9(14)5-3-6-10(13)15/h2-7H,1H3. The first kappa shape index (κ1) is 12.2. The van der Waals surface area contributed by atoms with E-state index in [0.717, 1.165) is 25.1 Å². The Hall–Kier alpha value is -0.310. The maximum Gasteiger partial charge on any atom is 0.0487 e. The van der Waals surface area contributed by atoms with Crippen LogP contribution in [-0.2, 0) is 0 Å². The molecule has 2 aromatic carbocycles. The molecule has 0 aliphatic carbocycles. The van der Waals surface area contributed by atoms with E-state index < -0.39 is 0 Å². The van der Waals surface area contributed by atoms with Crippen LogP contribution in [-0.4, -0.2) is 0 Å². The Labute approximate surface area is 117 Å². The van der Waals surface area contributed by atoms with Gasteiger partial charge in [0.25, 0.3) is 0 Å². The van der Waals surface area contributed by atoms with E-state index in [1.807, 2.05) is 30.3 Å². The van der Waals surface area contributed by atoms with Gasteiger partial charge in [-0.25, -0.2) is 0 Å². The fourth-order valence-electron chi connectivity index (χ4n) is 1.69. The minimum Gasteiger partial charge on any atom is -0.0837 e. The average molecular weight is 360 g/mol. The number of hydrogen-bond donors (Lipinski definition) is 0. The maximum absolute atomic E-state index is 6.27. The summed E-state index contributed by atoms with van der Waals surface area (Å²) in [5.74, 6) is 0. The van der Waals surface area contributed by atoms with Crippen LogP contribution in [0.3, 0.4) is 0 Å². The van der Waals surface area contributed by atoms with Crippen LogP contribution in [0.1, 0.15) is 5.56 Å². The van der Waals surface area contributed by atoms with E-state index in [-0.39, 0.29) is 0 Å². The largest absolute Gasteiger partial charge is 0.0837 e. The molecule has 0 bridgehead atoms. The molecule has 0 spiro atoms. The first-order valence-electron chi connectivity index (χ1n) is 4.80. The van der Waals surface area contributed by atoms with Gasteiger partial charge in [0, 0.05) is 25.1 Å². The molecule has 0 N–H and O–H groups in total. The second-order valence-corrected chi connectivity index (χ2v) is 5.64. The monoisotopic (exact) mass is 358 g/mol. The zero-order valence-electron chi connectivity index (χ0n) is 8.60. The molecule has 0 nitrogen and oxygen atoms in total. The van der Waals surface area contributed by atoms with E-state index in [1.54, 1.807) is 0 Å². The summed E-state index contributed by atoms with van der Waals surface area (Å²) in [5.41, 5.74) is 3.34. The smallest absolute Gasteiger partial charge is 0.0487 e. The van der Waals surface area contributed by atoms with Gasteiger partial charge in [-0.2, -0.15) is 0 Å². The molecule has 0 saturated heterocycles. The predicted molar refractivity (Wildman–Crippen MR) is 77.0 cm³/mol. The lowest BCUT2D eigenvalue weighted by Gasteiger charge is -2.12. The lowest BCUT2D eigenvalue weighted by atomic mass is 10.0. The quantitative estimate of drug-likeness (QED) is 0.599. The number of benzene rings is 2. The van der Waals surface area contributed by atoms with Gasteiger partial charge in [0.05, 0.1) is 0 Å². The van der Waals surface area contributed by atoms with Crippen molar-refractivity contribution in [1.82, 2.24) is 0 Å². The highest BCUT2D eigenvalue weighted by atomic mass is 79.9. The van der Waals surface area contributed by atoms with Crippen LogP contribution in [0.25, 0.3) is 11.1 Å². The van der Waals surface area contributed by atoms with E-state index in [2.05, 4.69) is 44.8 Å². The Bertz CT molecular complexity index is 445. The average Bonchev–Trinajstić information content (AvgIpc) is 2.21. The van der Waals surface area contributed by atoms with Gasteiger partial charge >= 0.3 is 0 Å². The molecule has 0 fully saturated rings. The molecule has 3 heteroatoms. The van der Waals surface area contributed by atoms with Crippen molar-refractivity contribution in [3.8, 4) is 11.1 Å². The van der Waals surface area contributed by atoms with Crippen LogP contribution < -0.4 is 0 Å². The number of halogens is 3. The van der Waals surface area contributed by atoms with E-state index >= 15 is 0 Å². The number of aryl methyl sites for hydroxylation is 1. The van der Waals surface area contributed by atoms with Crippen molar-refractivity contribution in [2.45, 2.75) is 6.92 Å². The summed E-state index contributed by atoms with van der Waals surface area (Å²) in [6.07, 6.45) is 0. The molecular formula is C13H9Br2Cl. The topological polar surface area (TPSA) is 0 Å². The molecule has 0 heterocycles.